The van der Waals surface area contributed by atoms with Crippen molar-refractivity contribution in [1.29, 1.82) is 0 Å². The highest BCUT2D eigenvalue weighted by atomic mass is 79.9. The van der Waals surface area contributed by atoms with Crippen molar-refractivity contribution in [3.8, 4) is 22.3 Å². The van der Waals surface area contributed by atoms with Gasteiger partial charge in [0, 0.05) is 4.47 Å². The molecule has 0 unspecified atom stereocenters. The second-order valence-corrected chi connectivity index (χ2v) is 29.1. The normalized spacial score (nSPS) is 11.3. The highest BCUT2D eigenvalue weighted by molar-refractivity contribution is 9.10. The smallest absolute Gasteiger partial charge is 0.154 e. The van der Waals surface area contributed by atoms with E-state index in [1.807, 2.05) is 12.1 Å². The second-order valence-electron chi connectivity index (χ2n) is 16.6. The summed E-state index contributed by atoms with van der Waals surface area (Å²) in [5, 5.41) is 1.44. The van der Waals surface area contributed by atoms with Gasteiger partial charge in [-0.3, -0.25) is 0 Å². The fraction of sp³-hybridized carbons (Fsp3) is 0.308. The first-order chi connectivity index (χ1) is 27.7. The van der Waals surface area contributed by atoms with Crippen LogP contribution in [0.2, 0.25) is 26.2 Å². The Bertz CT molecular complexity index is 2040. The maximum atomic E-state index is 13.2. The van der Waals surface area contributed by atoms with Crippen molar-refractivity contribution < 1.29 is 8.78 Å². The van der Waals surface area contributed by atoms with Gasteiger partial charge in [-0.25, -0.2) is 8.78 Å². The van der Waals surface area contributed by atoms with Gasteiger partial charge in [0.05, 0.1) is 8.07 Å². The van der Waals surface area contributed by atoms with Crippen molar-refractivity contribution in [2.45, 2.75) is 103 Å². The Morgan fingerprint density at radius 2 is 0.759 bits per heavy atom. The summed E-state index contributed by atoms with van der Waals surface area (Å²) in [6, 6.07) is 51.0. The van der Waals surface area contributed by atoms with Crippen molar-refractivity contribution in [3.05, 3.63) is 184 Å². The summed E-state index contributed by atoms with van der Waals surface area (Å²) >= 11 is 9.62. The summed E-state index contributed by atoms with van der Waals surface area (Å²) in [6.45, 7) is 13.4. The van der Waals surface area contributed by atoms with Crippen LogP contribution in [0.4, 0.5) is 8.78 Å². The lowest BCUT2D eigenvalue weighted by atomic mass is 10.0. The second kappa shape index (κ2) is 23.8. The van der Waals surface area contributed by atoms with Gasteiger partial charge >= 0.3 is 0 Å². The van der Waals surface area contributed by atoms with E-state index in [-0.39, 0.29) is 11.6 Å². The van der Waals surface area contributed by atoms with E-state index in [1.165, 1.54) is 108 Å². The molecule has 0 radical (unpaired) electrons. The minimum Gasteiger partial charge on any atom is -0.207 e. The monoisotopic (exact) mass is 894 g/mol. The number of hydrogen-bond donors (Lipinski definition) is 0. The number of rotatable bonds is 15. The van der Waals surface area contributed by atoms with Gasteiger partial charge in [0.15, 0.2) is 7.38 Å². The van der Waals surface area contributed by atoms with Gasteiger partial charge in [0.25, 0.3) is 0 Å². The van der Waals surface area contributed by atoms with Crippen molar-refractivity contribution in [3.63, 3.8) is 0 Å². The molecule has 58 heavy (non-hydrogen) atoms. The molecule has 0 nitrogen and oxygen atoms in total. The molecular weight excluding hydrogens is 834 g/mol. The van der Waals surface area contributed by atoms with Gasteiger partial charge in [-0.15, -0.1) is 0 Å². The van der Waals surface area contributed by atoms with Gasteiger partial charge in [0.2, 0.25) is 0 Å². The van der Waals surface area contributed by atoms with E-state index in [0.29, 0.717) is 0 Å². The molecule has 6 heteroatoms. The molecule has 6 aromatic carbocycles. The third-order valence-corrected chi connectivity index (χ3v) is 15.7. The molecule has 0 fully saturated rings. The quantitative estimate of drug-likeness (QED) is 0.0547. The standard InChI is InChI=1S/C26H31FSi.C17H19Br.C9H12ClFSi/c1-4-5-6-7-21-8-12-23(13-9-21)24-14-18-26(19-15-24)28(2,3)20-22-10-16-25(27)17-11-22;1-2-3-4-5-14-6-8-15(9-7-14)16-10-12-17(18)13-11-16;1-12(2,10)7-8-3-5-9(11)6-4-8/h8-19H,4-7,20H2,1-3H3;6-13H,2-5H2,1H3;3-6H,7H2,1-2H3. The van der Waals surface area contributed by atoms with Crippen molar-refractivity contribution in [1.82, 2.24) is 0 Å². The van der Waals surface area contributed by atoms with Crippen molar-refractivity contribution in [2.24, 2.45) is 0 Å². The Labute approximate surface area is 364 Å². The van der Waals surface area contributed by atoms with Gasteiger partial charge in [0.1, 0.15) is 11.6 Å². The molecule has 0 bridgehead atoms. The van der Waals surface area contributed by atoms with Crippen LogP contribution in [0.5, 0.6) is 0 Å². The molecular formula is C52H62BrClF2Si2. The predicted octanol–water partition coefficient (Wildman–Crippen LogP) is 16.1. The summed E-state index contributed by atoms with van der Waals surface area (Å²) < 4.78 is 26.8. The first kappa shape index (κ1) is 47.1. The molecule has 0 aromatic heterocycles. The summed E-state index contributed by atoms with van der Waals surface area (Å²) in [7, 11) is -3.18. The summed E-state index contributed by atoms with van der Waals surface area (Å²) in [4.78, 5) is 0. The third-order valence-electron chi connectivity index (χ3n) is 10.3. The van der Waals surface area contributed by atoms with Gasteiger partial charge in [-0.2, -0.15) is 11.1 Å². The van der Waals surface area contributed by atoms with Crippen molar-refractivity contribution >= 4 is 47.7 Å². The Hall–Kier alpha value is -3.62. The summed E-state index contributed by atoms with van der Waals surface area (Å²) in [5.41, 5.74) is 10.4. The van der Waals surface area contributed by atoms with Crippen LogP contribution in [0.25, 0.3) is 22.3 Å². The Balaban J connectivity index is 0.000000212. The lowest BCUT2D eigenvalue weighted by molar-refractivity contribution is 0.627. The molecule has 0 N–H and O–H groups in total. The summed E-state index contributed by atoms with van der Waals surface area (Å²) in [6.07, 6.45) is 10.1. The first-order valence-electron chi connectivity index (χ1n) is 21.0. The van der Waals surface area contributed by atoms with E-state index in [9.17, 15) is 8.78 Å². The molecule has 6 rings (SSSR count). The first-order valence-corrected chi connectivity index (χ1v) is 29.2. The average molecular weight is 897 g/mol. The Morgan fingerprint density at radius 3 is 1.12 bits per heavy atom. The molecule has 0 saturated heterocycles. The molecule has 6 aromatic rings. The van der Waals surface area contributed by atoms with E-state index >= 15 is 0 Å². The SMILES string of the molecule is CCCCCc1ccc(-c2ccc(Br)cc2)cc1.CCCCCc1ccc(-c2ccc([Si](C)(C)Cc3ccc(F)cc3)cc2)cc1.C[Si](C)(Cl)Cc1ccc(F)cc1. The zero-order chi connectivity index (χ0) is 42.0. The number of halogens is 4. The molecule has 0 amide bonds. The van der Waals surface area contributed by atoms with Gasteiger partial charge in [-0.1, -0.05) is 202 Å². The van der Waals surface area contributed by atoms with E-state index in [4.69, 9.17) is 11.1 Å². The summed E-state index contributed by atoms with van der Waals surface area (Å²) in [5.74, 6) is -0.350. The van der Waals surface area contributed by atoms with Gasteiger partial charge in [-0.05, 0) is 113 Å². The highest BCUT2D eigenvalue weighted by Gasteiger charge is 2.24. The Morgan fingerprint density at radius 1 is 0.431 bits per heavy atom. The largest absolute Gasteiger partial charge is 0.207 e. The maximum Gasteiger partial charge on any atom is 0.154 e. The van der Waals surface area contributed by atoms with Crippen LogP contribution in [0.3, 0.4) is 0 Å². The zero-order valence-corrected chi connectivity index (χ0v) is 39.8. The highest BCUT2D eigenvalue weighted by Crippen LogP contribution is 2.24. The van der Waals surface area contributed by atoms with Crippen LogP contribution in [0.1, 0.15) is 74.6 Å². The van der Waals surface area contributed by atoms with Gasteiger partial charge < -0.3 is 0 Å². The minimum absolute atomic E-state index is 0.163. The topological polar surface area (TPSA) is 0 Å². The van der Waals surface area contributed by atoms with Crippen LogP contribution in [0.15, 0.2) is 150 Å². The van der Waals surface area contributed by atoms with E-state index < -0.39 is 15.5 Å². The lowest BCUT2D eigenvalue weighted by Crippen LogP contribution is -2.43. The maximum absolute atomic E-state index is 13.2. The number of benzene rings is 6. The fourth-order valence-electron chi connectivity index (χ4n) is 6.94. The lowest BCUT2D eigenvalue weighted by Gasteiger charge is -2.23. The minimum atomic E-state index is -1.61. The molecule has 0 heterocycles. The number of hydrogen-bond acceptors (Lipinski definition) is 0. The molecule has 0 atom stereocenters. The van der Waals surface area contributed by atoms with Crippen LogP contribution in [0, 0.1) is 11.6 Å². The van der Waals surface area contributed by atoms with E-state index in [0.717, 1.165) is 22.1 Å². The zero-order valence-electron chi connectivity index (χ0n) is 35.4. The fourth-order valence-corrected chi connectivity index (χ4v) is 11.4. The van der Waals surface area contributed by atoms with Crippen molar-refractivity contribution in [2.75, 3.05) is 0 Å². The number of unbranched alkanes of at least 4 members (excludes halogenated alkanes) is 4. The van der Waals surface area contributed by atoms with E-state index in [2.05, 4.69) is 153 Å². The average Bonchev–Trinajstić information content (AvgIpc) is 3.21. The van der Waals surface area contributed by atoms with E-state index in [1.54, 1.807) is 24.3 Å². The Kier molecular flexibility index (Phi) is 19.3. The van der Waals surface area contributed by atoms with Crippen LogP contribution in [-0.4, -0.2) is 15.5 Å². The van der Waals surface area contributed by atoms with Crippen LogP contribution < -0.4 is 5.19 Å². The third kappa shape index (κ3) is 16.9. The molecule has 0 aliphatic rings. The number of aryl methyl sites for hydroxylation is 2. The molecule has 306 valence electrons. The molecule has 0 aliphatic heterocycles. The predicted molar refractivity (Wildman–Crippen MR) is 259 cm³/mol. The molecule has 0 saturated carbocycles. The van der Waals surface area contributed by atoms with Crippen LogP contribution >= 0.6 is 27.0 Å². The van der Waals surface area contributed by atoms with Crippen LogP contribution in [-0.2, 0) is 24.9 Å². The molecule has 0 aliphatic carbocycles. The molecule has 0 spiro atoms.